The lowest BCUT2D eigenvalue weighted by atomic mass is 9.75. The molecule has 0 aliphatic heterocycles. The molecule has 0 saturated heterocycles. The predicted octanol–water partition coefficient (Wildman–Crippen LogP) is 4.53. The van der Waals surface area contributed by atoms with Gasteiger partial charge in [0.1, 0.15) is 5.76 Å². The molecule has 0 spiro atoms. The molecule has 1 heterocycles. The van der Waals surface area contributed by atoms with E-state index in [0.29, 0.717) is 12.0 Å². The van der Waals surface area contributed by atoms with Gasteiger partial charge >= 0.3 is 0 Å². The van der Waals surface area contributed by atoms with E-state index in [2.05, 4.69) is 24.4 Å². The van der Waals surface area contributed by atoms with E-state index in [9.17, 15) is 0 Å². The van der Waals surface area contributed by atoms with Gasteiger partial charge in [0, 0.05) is 11.1 Å². The van der Waals surface area contributed by atoms with Crippen molar-refractivity contribution in [3.05, 3.63) is 59.0 Å². The van der Waals surface area contributed by atoms with Crippen molar-refractivity contribution in [1.82, 2.24) is 5.32 Å². The summed E-state index contributed by atoms with van der Waals surface area (Å²) >= 11 is 5.91. The molecule has 1 aromatic heterocycles. The van der Waals surface area contributed by atoms with Crippen molar-refractivity contribution in [2.75, 3.05) is 0 Å². The Bertz CT molecular complexity index is 514. The van der Waals surface area contributed by atoms with Crippen LogP contribution in [0.2, 0.25) is 5.02 Å². The van der Waals surface area contributed by atoms with Crippen molar-refractivity contribution in [2.45, 2.75) is 37.8 Å². The van der Waals surface area contributed by atoms with Crippen molar-refractivity contribution < 1.29 is 4.42 Å². The van der Waals surface area contributed by atoms with Crippen LogP contribution in [-0.2, 0) is 0 Å². The molecule has 0 radical (unpaired) electrons. The number of hydrogen-bond donors (Lipinski definition) is 1. The van der Waals surface area contributed by atoms with Crippen LogP contribution in [0.25, 0.3) is 0 Å². The quantitative estimate of drug-likeness (QED) is 0.887. The van der Waals surface area contributed by atoms with Gasteiger partial charge in [0.25, 0.3) is 0 Å². The third-order valence-electron chi connectivity index (χ3n) is 3.94. The first-order valence-corrected chi connectivity index (χ1v) is 7.15. The molecule has 0 bridgehead atoms. The van der Waals surface area contributed by atoms with Crippen LogP contribution >= 0.6 is 11.6 Å². The molecular formula is C16H18ClNO. The van der Waals surface area contributed by atoms with E-state index in [1.807, 2.05) is 24.3 Å². The Morgan fingerprint density at radius 3 is 2.58 bits per heavy atom. The summed E-state index contributed by atoms with van der Waals surface area (Å²) in [5, 5.41) is 4.42. The smallest absolute Gasteiger partial charge is 0.120 e. The molecule has 3 rings (SSSR count). The molecular weight excluding hydrogens is 258 g/mol. The first-order valence-electron chi connectivity index (χ1n) is 6.77. The number of benzene rings is 1. The first kappa shape index (κ1) is 12.8. The van der Waals surface area contributed by atoms with Gasteiger partial charge in [0.15, 0.2) is 0 Å². The van der Waals surface area contributed by atoms with Gasteiger partial charge in [0.05, 0.1) is 12.3 Å². The van der Waals surface area contributed by atoms with Crippen molar-refractivity contribution >= 4 is 11.6 Å². The zero-order valence-corrected chi connectivity index (χ0v) is 11.7. The molecule has 1 aromatic carbocycles. The second kappa shape index (κ2) is 5.40. The SMILES string of the molecule is C[C@H](NC1CC(c2ccc(Cl)cc2)C1)c1ccco1. The van der Waals surface area contributed by atoms with Gasteiger partial charge in [-0.25, -0.2) is 0 Å². The normalized spacial score (nSPS) is 23.9. The highest BCUT2D eigenvalue weighted by Crippen LogP contribution is 2.38. The summed E-state index contributed by atoms with van der Waals surface area (Å²) < 4.78 is 5.41. The highest BCUT2D eigenvalue weighted by Gasteiger charge is 2.31. The summed E-state index contributed by atoms with van der Waals surface area (Å²) in [4.78, 5) is 0. The van der Waals surface area contributed by atoms with Gasteiger partial charge in [0.2, 0.25) is 0 Å². The van der Waals surface area contributed by atoms with Gasteiger partial charge in [-0.15, -0.1) is 0 Å². The molecule has 100 valence electrons. The van der Waals surface area contributed by atoms with E-state index in [1.54, 1.807) is 6.26 Å². The molecule has 1 fully saturated rings. The fraction of sp³-hybridized carbons (Fsp3) is 0.375. The van der Waals surface area contributed by atoms with Crippen LogP contribution in [-0.4, -0.2) is 6.04 Å². The van der Waals surface area contributed by atoms with Crippen molar-refractivity contribution in [3.8, 4) is 0 Å². The standard InChI is InChI=1S/C16H18ClNO/c1-11(16-3-2-8-19-16)18-15-9-13(10-15)12-4-6-14(17)7-5-12/h2-8,11,13,15,18H,9-10H2,1H3/t11-,13?,15?/m0/s1. The third-order valence-corrected chi connectivity index (χ3v) is 4.19. The van der Waals surface area contributed by atoms with Crippen LogP contribution in [0.1, 0.15) is 43.0 Å². The van der Waals surface area contributed by atoms with Gasteiger partial charge in [-0.2, -0.15) is 0 Å². The molecule has 0 amide bonds. The van der Waals surface area contributed by atoms with Crippen molar-refractivity contribution in [3.63, 3.8) is 0 Å². The largest absolute Gasteiger partial charge is 0.468 e. The summed E-state index contributed by atoms with van der Waals surface area (Å²) in [6.45, 7) is 2.15. The van der Waals surface area contributed by atoms with Crippen LogP contribution in [0.15, 0.2) is 47.1 Å². The predicted molar refractivity (Wildman–Crippen MR) is 77.5 cm³/mol. The topological polar surface area (TPSA) is 25.2 Å². The maximum absolute atomic E-state index is 5.91. The first-order chi connectivity index (χ1) is 9.22. The minimum absolute atomic E-state index is 0.283. The molecule has 1 aliphatic carbocycles. The lowest BCUT2D eigenvalue weighted by molar-refractivity contribution is 0.258. The molecule has 1 saturated carbocycles. The Hall–Kier alpha value is -1.25. The number of hydrogen-bond acceptors (Lipinski definition) is 2. The van der Waals surface area contributed by atoms with Crippen molar-refractivity contribution in [2.24, 2.45) is 0 Å². The lowest BCUT2D eigenvalue weighted by Gasteiger charge is -2.37. The van der Waals surface area contributed by atoms with E-state index < -0.39 is 0 Å². The summed E-state index contributed by atoms with van der Waals surface area (Å²) in [5.41, 5.74) is 1.40. The van der Waals surface area contributed by atoms with Crippen LogP contribution < -0.4 is 5.32 Å². The van der Waals surface area contributed by atoms with Crippen molar-refractivity contribution in [1.29, 1.82) is 0 Å². The van der Waals surface area contributed by atoms with Crippen LogP contribution in [0.5, 0.6) is 0 Å². The number of halogens is 1. The van der Waals surface area contributed by atoms with Crippen LogP contribution in [0.3, 0.4) is 0 Å². The van der Waals surface area contributed by atoms with Crippen LogP contribution in [0.4, 0.5) is 0 Å². The minimum Gasteiger partial charge on any atom is -0.468 e. The van der Waals surface area contributed by atoms with E-state index >= 15 is 0 Å². The average Bonchev–Trinajstić information content (AvgIpc) is 2.88. The Balaban J connectivity index is 1.51. The molecule has 2 aromatic rings. The fourth-order valence-electron chi connectivity index (χ4n) is 2.73. The lowest BCUT2D eigenvalue weighted by Crippen LogP contribution is -2.41. The van der Waals surface area contributed by atoms with Gasteiger partial charge in [-0.05, 0) is 55.5 Å². The molecule has 1 atom stereocenters. The zero-order chi connectivity index (χ0) is 13.2. The van der Waals surface area contributed by atoms with Gasteiger partial charge in [-0.1, -0.05) is 23.7 Å². The summed E-state index contributed by atoms with van der Waals surface area (Å²) in [5.74, 6) is 1.67. The van der Waals surface area contributed by atoms with Gasteiger partial charge in [-0.3, -0.25) is 0 Å². The van der Waals surface area contributed by atoms with Gasteiger partial charge < -0.3 is 9.73 Å². The van der Waals surface area contributed by atoms with Crippen LogP contribution in [0, 0.1) is 0 Å². The molecule has 1 N–H and O–H groups in total. The highest BCUT2D eigenvalue weighted by molar-refractivity contribution is 6.30. The Morgan fingerprint density at radius 1 is 1.21 bits per heavy atom. The highest BCUT2D eigenvalue weighted by atomic mass is 35.5. The molecule has 1 aliphatic rings. The molecule has 0 unspecified atom stereocenters. The Kier molecular flexibility index (Phi) is 3.63. The summed E-state index contributed by atoms with van der Waals surface area (Å²) in [6, 6.07) is 13.1. The van der Waals surface area contributed by atoms with E-state index in [0.717, 1.165) is 10.8 Å². The zero-order valence-electron chi connectivity index (χ0n) is 11.0. The monoisotopic (exact) mass is 275 g/mol. The third kappa shape index (κ3) is 2.85. The molecule has 19 heavy (non-hydrogen) atoms. The Morgan fingerprint density at radius 2 is 1.95 bits per heavy atom. The average molecular weight is 276 g/mol. The fourth-order valence-corrected chi connectivity index (χ4v) is 2.86. The van der Waals surface area contributed by atoms with E-state index in [-0.39, 0.29) is 6.04 Å². The van der Waals surface area contributed by atoms with E-state index in [4.69, 9.17) is 16.0 Å². The number of nitrogens with one attached hydrogen (secondary N) is 1. The molecule has 2 nitrogen and oxygen atoms in total. The summed E-state index contributed by atoms with van der Waals surface area (Å²) in [7, 11) is 0. The summed E-state index contributed by atoms with van der Waals surface area (Å²) in [6.07, 6.45) is 4.10. The number of furan rings is 1. The second-order valence-corrected chi connectivity index (χ2v) is 5.76. The Labute approximate surface area is 118 Å². The number of rotatable bonds is 4. The molecule has 3 heteroatoms. The minimum atomic E-state index is 0.283. The second-order valence-electron chi connectivity index (χ2n) is 5.32. The maximum atomic E-state index is 5.91. The van der Waals surface area contributed by atoms with E-state index in [1.165, 1.54) is 18.4 Å². The maximum Gasteiger partial charge on any atom is 0.120 e.